The van der Waals surface area contributed by atoms with Crippen molar-refractivity contribution >= 4 is 70.0 Å². The van der Waals surface area contributed by atoms with Crippen molar-refractivity contribution in [3.05, 3.63) is 16.5 Å². The molecule has 0 saturated heterocycles. The van der Waals surface area contributed by atoms with Gasteiger partial charge in [-0.3, -0.25) is 10.1 Å². The lowest BCUT2D eigenvalue weighted by molar-refractivity contribution is -0.119. The van der Waals surface area contributed by atoms with Gasteiger partial charge in [0.2, 0.25) is 5.88 Å². The monoisotopic (exact) mass is 435 g/mol. The number of amides is 3. The van der Waals surface area contributed by atoms with E-state index in [0.717, 1.165) is 7.11 Å². The van der Waals surface area contributed by atoms with E-state index in [-0.39, 0.29) is 6.61 Å². The number of alkyl halides is 3. The number of carbonyl (C=O) groups is 3. The second-order valence-corrected chi connectivity index (χ2v) is 6.74. The van der Waals surface area contributed by atoms with Gasteiger partial charge in [0, 0.05) is 0 Å². The number of hydrogen-bond donors (Lipinski definition) is 2. The van der Waals surface area contributed by atoms with E-state index in [1.54, 1.807) is 5.32 Å². The van der Waals surface area contributed by atoms with Crippen LogP contribution in [0, 0.1) is 5.82 Å². The van der Waals surface area contributed by atoms with Gasteiger partial charge in [-0.2, -0.15) is 4.98 Å². The van der Waals surface area contributed by atoms with Crippen LogP contribution in [-0.2, 0) is 9.53 Å². The second-order valence-electron chi connectivity index (χ2n) is 4.10. The smallest absolute Gasteiger partial charge is 0.345 e. The van der Waals surface area contributed by atoms with Gasteiger partial charge in [-0.05, 0) is 6.92 Å². The largest absolute Gasteiger partial charge is 0.480 e. The molecule has 3 amide bonds. The Morgan fingerprint density at radius 3 is 2.36 bits per heavy atom. The fourth-order valence-electron chi connectivity index (χ4n) is 1.49. The van der Waals surface area contributed by atoms with Gasteiger partial charge in [0.1, 0.15) is 11.3 Å². The van der Waals surface area contributed by atoms with Crippen molar-refractivity contribution in [1.29, 1.82) is 0 Å². The molecule has 13 heteroatoms. The normalized spacial score (nSPS) is 10.8. The molecule has 2 N–H and O–H groups in total. The molecule has 0 aromatic carbocycles. The molecule has 0 saturated carbocycles. The molecule has 0 aliphatic carbocycles. The number of halogens is 5. The van der Waals surface area contributed by atoms with E-state index in [0.29, 0.717) is 0 Å². The van der Waals surface area contributed by atoms with Crippen LogP contribution < -0.4 is 15.4 Å². The summed E-state index contributed by atoms with van der Waals surface area (Å²) in [4.78, 5) is 38.8. The first-order valence-electron chi connectivity index (χ1n) is 6.32. The first kappa shape index (κ1) is 21.5. The van der Waals surface area contributed by atoms with Crippen molar-refractivity contribution in [3.63, 3.8) is 0 Å². The lowest BCUT2D eigenvalue weighted by atomic mass is 10.2. The van der Waals surface area contributed by atoms with Gasteiger partial charge >= 0.3 is 12.0 Å². The summed E-state index contributed by atoms with van der Waals surface area (Å²) in [6, 6.07) is -1.30. The number of methoxy groups -OCH3 is 1. The van der Waals surface area contributed by atoms with Crippen molar-refractivity contribution in [1.82, 2.24) is 10.3 Å². The van der Waals surface area contributed by atoms with E-state index in [9.17, 15) is 18.8 Å². The van der Waals surface area contributed by atoms with Crippen LogP contribution in [0.4, 0.5) is 14.9 Å². The Hall–Kier alpha value is -1.55. The zero-order chi connectivity index (χ0) is 19.4. The molecule has 1 rings (SSSR count). The van der Waals surface area contributed by atoms with Gasteiger partial charge in [0.25, 0.3) is 9.70 Å². The van der Waals surface area contributed by atoms with Gasteiger partial charge < -0.3 is 14.8 Å². The highest BCUT2D eigenvalue weighted by atomic mass is 35.6. The number of nitrogens with zero attached hydrogens (tertiary/aromatic N) is 1. The van der Waals surface area contributed by atoms with E-state index < -0.39 is 49.8 Å². The van der Waals surface area contributed by atoms with Crippen LogP contribution in [-0.4, -0.2) is 40.4 Å². The standard InChI is InChI=1S/C12H10Cl4FN3O5/c1-3-25-9(21)4-6(5(17)7(13)19-8(4)24-2)18-11(23)20-10(22)12(14,15)16/h3H2,1-2H3,(H2,18,19,20,22,23). The molecule has 1 heterocycles. The first-order valence-corrected chi connectivity index (χ1v) is 7.83. The lowest BCUT2D eigenvalue weighted by Crippen LogP contribution is -2.41. The summed E-state index contributed by atoms with van der Waals surface area (Å²) in [7, 11) is 1.13. The number of nitrogens with one attached hydrogen (secondary N) is 2. The van der Waals surface area contributed by atoms with E-state index in [4.69, 9.17) is 55.9 Å². The number of imide groups is 1. The maximum Gasteiger partial charge on any atom is 0.345 e. The first-order chi connectivity index (χ1) is 11.5. The maximum absolute atomic E-state index is 14.2. The topological polar surface area (TPSA) is 107 Å². The third-order valence-corrected chi connectivity index (χ3v) is 3.23. The number of rotatable bonds is 4. The number of esters is 1. The van der Waals surface area contributed by atoms with Crippen molar-refractivity contribution in [2.75, 3.05) is 19.0 Å². The van der Waals surface area contributed by atoms with Crippen molar-refractivity contribution in [2.45, 2.75) is 10.7 Å². The minimum absolute atomic E-state index is 0.0520. The van der Waals surface area contributed by atoms with Crippen molar-refractivity contribution in [2.24, 2.45) is 0 Å². The highest BCUT2D eigenvalue weighted by Gasteiger charge is 2.33. The molecule has 0 aliphatic rings. The van der Waals surface area contributed by atoms with E-state index in [1.807, 2.05) is 5.32 Å². The minimum Gasteiger partial charge on any atom is -0.480 e. The number of aromatic nitrogens is 1. The van der Waals surface area contributed by atoms with Crippen LogP contribution in [0.2, 0.25) is 5.15 Å². The van der Waals surface area contributed by atoms with Gasteiger partial charge in [0.05, 0.1) is 13.7 Å². The van der Waals surface area contributed by atoms with Crippen LogP contribution in [0.15, 0.2) is 0 Å². The maximum atomic E-state index is 14.2. The van der Waals surface area contributed by atoms with Crippen molar-refractivity contribution in [3.8, 4) is 5.88 Å². The summed E-state index contributed by atoms with van der Waals surface area (Å²) in [6.07, 6.45) is 0. The molecule has 25 heavy (non-hydrogen) atoms. The summed E-state index contributed by atoms with van der Waals surface area (Å²) in [5.41, 5.74) is -1.28. The number of hydrogen-bond acceptors (Lipinski definition) is 6. The lowest BCUT2D eigenvalue weighted by Gasteiger charge is -2.16. The van der Waals surface area contributed by atoms with E-state index >= 15 is 0 Å². The Kier molecular flexibility index (Phi) is 7.48. The fourth-order valence-corrected chi connectivity index (χ4v) is 1.80. The van der Waals surface area contributed by atoms with E-state index in [2.05, 4.69) is 4.98 Å². The average Bonchev–Trinajstić information content (AvgIpc) is 2.50. The molecule has 0 radical (unpaired) electrons. The number of ether oxygens (including phenoxy) is 2. The molecule has 1 aromatic heterocycles. The van der Waals surface area contributed by atoms with Crippen LogP contribution in [0.25, 0.3) is 0 Å². The zero-order valence-corrected chi connectivity index (χ0v) is 15.6. The summed E-state index contributed by atoms with van der Waals surface area (Å²) in [5, 5.41) is 2.85. The predicted molar refractivity (Wildman–Crippen MR) is 89.2 cm³/mol. The summed E-state index contributed by atoms with van der Waals surface area (Å²) < 4.78 is 21.4. The van der Waals surface area contributed by atoms with Crippen LogP contribution in [0.3, 0.4) is 0 Å². The number of pyridine rings is 1. The van der Waals surface area contributed by atoms with Gasteiger partial charge in [-0.1, -0.05) is 46.4 Å². The Labute approximate surface area is 160 Å². The molecule has 0 bridgehead atoms. The average molecular weight is 437 g/mol. The Morgan fingerprint density at radius 2 is 1.88 bits per heavy atom. The minimum atomic E-state index is -2.44. The van der Waals surface area contributed by atoms with Crippen molar-refractivity contribution < 1.29 is 28.2 Å². The van der Waals surface area contributed by atoms with Gasteiger partial charge in [-0.15, -0.1) is 0 Å². The number of urea groups is 1. The van der Waals surface area contributed by atoms with Crippen LogP contribution in [0.5, 0.6) is 5.88 Å². The highest BCUT2D eigenvalue weighted by Crippen LogP contribution is 2.32. The molecular formula is C12H10Cl4FN3O5. The Morgan fingerprint density at radius 1 is 1.28 bits per heavy atom. The van der Waals surface area contributed by atoms with Crippen LogP contribution >= 0.6 is 46.4 Å². The number of anilines is 1. The van der Waals surface area contributed by atoms with Gasteiger partial charge in [-0.25, -0.2) is 14.0 Å². The molecule has 0 fully saturated rings. The predicted octanol–water partition coefficient (Wildman–Crippen LogP) is 3.08. The highest BCUT2D eigenvalue weighted by molar-refractivity contribution is 6.76. The second kappa shape index (κ2) is 8.70. The quantitative estimate of drug-likeness (QED) is 0.426. The molecule has 0 spiro atoms. The summed E-state index contributed by atoms with van der Waals surface area (Å²) >= 11 is 21.5. The van der Waals surface area contributed by atoms with Crippen LogP contribution in [0.1, 0.15) is 17.3 Å². The molecular weight excluding hydrogens is 427 g/mol. The zero-order valence-electron chi connectivity index (χ0n) is 12.6. The molecule has 8 nitrogen and oxygen atoms in total. The molecule has 138 valence electrons. The number of carbonyl (C=O) groups excluding carboxylic acids is 3. The fraction of sp³-hybridized carbons (Fsp3) is 0.333. The molecule has 0 aliphatic heterocycles. The Balaban J connectivity index is 3.28. The third-order valence-electron chi connectivity index (χ3n) is 2.46. The van der Waals surface area contributed by atoms with Gasteiger partial charge in [0.15, 0.2) is 11.0 Å². The third kappa shape index (κ3) is 5.46. The summed E-state index contributed by atoms with van der Waals surface area (Å²) in [6.45, 7) is 1.45. The molecule has 0 atom stereocenters. The van der Waals surface area contributed by atoms with E-state index in [1.165, 1.54) is 6.92 Å². The SMILES string of the molecule is CCOC(=O)c1c(OC)nc(Cl)c(F)c1NC(=O)NC(=O)C(Cl)(Cl)Cl. The molecule has 0 unspecified atom stereocenters. The Bertz CT molecular complexity index is 711. The summed E-state index contributed by atoms with van der Waals surface area (Å²) in [5.74, 6) is -4.03. The molecule has 1 aromatic rings.